The molecule has 2 N–H and O–H groups in total. The van der Waals surface area contributed by atoms with Gasteiger partial charge in [0.25, 0.3) is 5.91 Å². The normalized spacial score (nSPS) is 13.9. The Balaban J connectivity index is 1.77. The summed E-state index contributed by atoms with van der Waals surface area (Å²) in [5.74, 6) is -0.252. The van der Waals surface area contributed by atoms with E-state index in [9.17, 15) is 9.59 Å². The summed E-state index contributed by atoms with van der Waals surface area (Å²) in [6.07, 6.45) is 1.58. The molecule has 154 valence electrons. The molecule has 8 nitrogen and oxygen atoms in total. The molecule has 1 aromatic carbocycles. The van der Waals surface area contributed by atoms with Gasteiger partial charge < -0.3 is 20.3 Å². The van der Waals surface area contributed by atoms with Gasteiger partial charge in [-0.25, -0.2) is 9.97 Å². The maximum atomic E-state index is 13.2. The van der Waals surface area contributed by atoms with E-state index in [-0.39, 0.29) is 11.8 Å². The van der Waals surface area contributed by atoms with Crippen LogP contribution in [0.2, 0.25) is 0 Å². The van der Waals surface area contributed by atoms with Gasteiger partial charge in [-0.2, -0.15) is 0 Å². The Morgan fingerprint density at radius 2 is 1.87 bits per heavy atom. The highest BCUT2D eigenvalue weighted by Crippen LogP contribution is 2.30. The Labute approximate surface area is 174 Å². The summed E-state index contributed by atoms with van der Waals surface area (Å²) in [6, 6.07) is 11.2. The van der Waals surface area contributed by atoms with E-state index < -0.39 is 0 Å². The van der Waals surface area contributed by atoms with Crippen molar-refractivity contribution >= 4 is 39.9 Å². The van der Waals surface area contributed by atoms with Gasteiger partial charge in [0.15, 0.2) is 5.65 Å². The molecule has 0 radical (unpaired) electrons. The van der Waals surface area contributed by atoms with Crippen LogP contribution < -0.4 is 10.6 Å². The molecule has 1 aliphatic rings. The second-order valence-electron chi connectivity index (χ2n) is 7.16. The molecule has 0 unspecified atom stereocenters. The predicted molar refractivity (Wildman–Crippen MR) is 115 cm³/mol. The minimum absolute atomic E-state index is 0.103. The number of benzene rings is 1. The van der Waals surface area contributed by atoms with Gasteiger partial charge in [-0.15, -0.1) is 0 Å². The summed E-state index contributed by atoms with van der Waals surface area (Å²) in [7, 11) is 0. The minimum atomic E-state index is -0.149. The topological polar surface area (TPSA) is 96.5 Å². The van der Waals surface area contributed by atoms with Crippen molar-refractivity contribution < 1.29 is 14.3 Å². The van der Waals surface area contributed by atoms with Crippen LogP contribution in [-0.2, 0) is 9.53 Å². The van der Waals surface area contributed by atoms with E-state index >= 15 is 0 Å². The summed E-state index contributed by atoms with van der Waals surface area (Å²) in [5.41, 5.74) is 3.94. The highest BCUT2D eigenvalue weighted by Gasteiger charge is 2.23. The molecule has 1 saturated heterocycles. The standard InChI is InChI=1S/C22H23N5O3/c1-14-6-7-18-20(26-17-5-3-4-16(12-17)25-15(2)28)19(13-23-21(18)24-14)22(29)27-8-10-30-11-9-27/h3-7,12-13H,8-11H2,1-2H3,(H,25,28)(H,23,24,26). The molecule has 8 heteroatoms. The highest BCUT2D eigenvalue weighted by atomic mass is 16.5. The zero-order valence-electron chi connectivity index (χ0n) is 16.9. The van der Waals surface area contributed by atoms with Crippen molar-refractivity contribution in [2.24, 2.45) is 0 Å². The maximum absolute atomic E-state index is 13.2. The fraction of sp³-hybridized carbons (Fsp3) is 0.273. The first-order valence-corrected chi connectivity index (χ1v) is 9.79. The van der Waals surface area contributed by atoms with E-state index in [4.69, 9.17) is 4.74 Å². The van der Waals surface area contributed by atoms with Crippen LogP contribution in [0.5, 0.6) is 0 Å². The number of pyridine rings is 2. The van der Waals surface area contributed by atoms with Crippen molar-refractivity contribution in [3.8, 4) is 0 Å². The van der Waals surface area contributed by atoms with Gasteiger partial charge >= 0.3 is 0 Å². The molecule has 4 rings (SSSR count). The van der Waals surface area contributed by atoms with Gasteiger partial charge in [-0.1, -0.05) is 6.07 Å². The van der Waals surface area contributed by atoms with Gasteiger partial charge in [0, 0.05) is 48.7 Å². The lowest BCUT2D eigenvalue weighted by Crippen LogP contribution is -2.41. The van der Waals surface area contributed by atoms with Crippen molar-refractivity contribution in [1.82, 2.24) is 14.9 Å². The number of hydrogen-bond acceptors (Lipinski definition) is 6. The summed E-state index contributed by atoms with van der Waals surface area (Å²) in [5, 5.41) is 6.88. The number of hydrogen-bond donors (Lipinski definition) is 2. The number of carbonyl (C=O) groups is 2. The van der Waals surface area contributed by atoms with E-state index in [1.807, 2.05) is 43.3 Å². The van der Waals surface area contributed by atoms with E-state index in [1.54, 1.807) is 11.1 Å². The molecule has 30 heavy (non-hydrogen) atoms. The van der Waals surface area contributed by atoms with Crippen LogP contribution in [0.3, 0.4) is 0 Å². The lowest BCUT2D eigenvalue weighted by molar-refractivity contribution is -0.114. The van der Waals surface area contributed by atoms with E-state index in [0.29, 0.717) is 48.9 Å². The average molecular weight is 405 g/mol. The molecule has 0 atom stereocenters. The van der Waals surface area contributed by atoms with E-state index in [1.165, 1.54) is 6.92 Å². The molecule has 3 heterocycles. The summed E-state index contributed by atoms with van der Waals surface area (Å²) in [4.78, 5) is 35.3. The number of morpholine rings is 1. The number of ether oxygens (including phenoxy) is 1. The number of nitrogens with one attached hydrogen (secondary N) is 2. The van der Waals surface area contributed by atoms with Crippen LogP contribution in [0.25, 0.3) is 11.0 Å². The number of aryl methyl sites for hydroxylation is 1. The fourth-order valence-electron chi connectivity index (χ4n) is 3.43. The van der Waals surface area contributed by atoms with Gasteiger partial charge in [0.05, 0.1) is 24.5 Å². The van der Waals surface area contributed by atoms with Crippen molar-refractivity contribution in [2.75, 3.05) is 36.9 Å². The van der Waals surface area contributed by atoms with E-state index in [2.05, 4.69) is 20.6 Å². The summed E-state index contributed by atoms with van der Waals surface area (Å²) < 4.78 is 5.37. The largest absolute Gasteiger partial charge is 0.378 e. The molecule has 0 saturated carbocycles. The van der Waals surface area contributed by atoms with E-state index in [0.717, 1.165) is 16.8 Å². The Kier molecular flexibility index (Phi) is 5.58. The first-order chi connectivity index (χ1) is 14.5. The molecule has 3 aromatic rings. The van der Waals surface area contributed by atoms with Crippen LogP contribution in [0.4, 0.5) is 17.1 Å². The summed E-state index contributed by atoms with van der Waals surface area (Å²) in [6.45, 7) is 5.49. The fourth-order valence-corrected chi connectivity index (χ4v) is 3.43. The lowest BCUT2D eigenvalue weighted by Gasteiger charge is -2.27. The predicted octanol–water partition coefficient (Wildman–Crippen LogP) is 3.11. The van der Waals surface area contributed by atoms with Crippen LogP contribution in [0.1, 0.15) is 23.0 Å². The number of aromatic nitrogens is 2. The molecular formula is C22H23N5O3. The molecule has 2 aromatic heterocycles. The third-order valence-electron chi connectivity index (χ3n) is 4.85. The van der Waals surface area contributed by atoms with Crippen molar-refractivity contribution in [3.63, 3.8) is 0 Å². The number of nitrogens with zero attached hydrogens (tertiary/aromatic N) is 3. The number of rotatable bonds is 4. The Hall–Kier alpha value is -3.52. The highest BCUT2D eigenvalue weighted by molar-refractivity contribution is 6.07. The van der Waals surface area contributed by atoms with Crippen LogP contribution >= 0.6 is 0 Å². The lowest BCUT2D eigenvalue weighted by atomic mass is 10.1. The monoisotopic (exact) mass is 405 g/mol. The summed E-state index contributed by atoms with van der Waals surface area (Å²) >= 11 is 0. The van der Waals surface area contributed by atoms with Gasteiger partial charge in [-0.05, 0) is 37.3 Å². The van der Waals surface area contributed by atoms with Crippen molar-refractivity contribution in [3.05, 3.63) is 53.9 Å². The molecule has 2 amide bonds. The van der Waals surface area contributed by atoms with Crippen LogP contribution in [0.15, 0.2) is 42.6 Å². The third kappa shape index (κ3) is 4.23. The second kappa shape index (κ2) is 8.46. The number of amides is 2. The molecule has 0 bridgehead atoms. The molecule has 0 spiro atoms. The Morgan fingerprint density at radius 1 is 1.10 bits per heavy atom. The van der Waals surface area contributed by atoms with Crippen molar-refractivity contribution in [2.45, 2.75) is 13.8 Å². The number of carbonyl (C=O) groups excluding carboxylic acids is 2. The number of anilines is 3. The average Bonchev–Trinajstić information content (AvgIpc) is 2.74. The van der Waals surface area contributed by atoms with Crippen molar-refractivity contribution in [1.29, 1.82) is 0 Å². The zero-order chi connectivity index (χ0) is 21.1. The van der Waals surface area contributed by atoms with Gasteiger partial charge in [0.2, 0.25) is 5.91 Å². The molecular weight excluding hydrogens is 382 g/mol. The maximum Gasteiger partial charge on any atom is 0.257 e. The minimum Gasteiger partial charge on any atom is -0.378 e. The quantitative estimate of drug-likeness (QED) is 0.692. The number of fused-ring (bicyclic) bond motifs is 1. The first-order valence-electron chi connectivity index (χ1n) is 9.79. The molecule has 0 aliphatic carbocycles. The molecule has 1 fully saturated rings. The Bertz CT molecular complexity index is 1110. The van der Waals surface area contributed by atoms with Gasteiger partial charge in [-0.3, -0.25) is 9.59 Å². The van der Waals surface area contributed by atoms with Crippen LogP contribution in [-0.4, -0.2) is 53.0 Å². The zero-order valence-corrected chi connectivity index (χ0v) is 16.9. The Morgan fingerprint density at radius 3 is 2.63 bits per heavy atom. The first kappa shape index (κ1) is 19.8. The molecule has 1 aliphatic heterocycles. The second-order valence-corrected chi connectivity index (χ2v) is 7.16. The van der Waals surface area contributed by atoms with Gasteiger partial charge in [0.1, 0.15) is 0 Å². The smallest absolute Gasteiger partial charge is 0.257 e. The van der Waals surface area contributed by atoms with Crippen LogP contribution in [0, 0.1) is 6.92 Å². The SMILES string of the molecule is CC(=O)Nc1cccc(Nc2c(C(=O)N3CCOCC3)cnc3nc(C)ccc23)c1. The third-order valence-corrected chi connectivity index (χ3v) is 4.85.